The smallest absolute Gasteiger partial charge is 0.263 e. The first kappa shape index (κ1) is 14.7. The fourth-order valence-corrected chi connectivity index (χ4v) is 3.11. The molecule has 2 heterocycles. The second-order valence-corrected chi connectivity index (χ2v) is 6.08. The molecule has 1 aliphatic rings. The van der Waals surface area contributed by atoms with Crippen LogP contribution in [0.4, 0.5) is 0 Å². The van der Waals surface area contributed by atoms with Gasteiger partial charge in [-0.3, -0.25) is 9.79 Å². The number of aliphatic imine (C=N–C) groups is 1. The molecule has 3 aromatic rings. The van der Waals surface area contributed by atoms with Gasteiger partial charge >= 0.3 is 0 Å². The molecule has 24 heavy (non-hydrogen) atoms. The number of fused-ring (bicyclic) bond motifs is 1. The van der Waals surface area contributed by atoms with Crippen molar-refractivity contribution in [1.29, 1.82) is 0 Å². The van der Waals surface area contributed by atoms with Crippen molar-refractivity contribution in [2.75, 3.05) is 0 Å². The van der Waals surface area contributed by atoms with Crippen LogP contribution in [-0.4, -0.2) is 27.6 Å². The Morgan fingerprint density at radius 2 is 2.12 bits per heavy atom. The lowest BCUT2D eigenvalue weighted by Crippen LogP contribution is -2.16. The van der Waals surface area contributed by atoms with Crippen LogP contribution < -0.4 is 5.73 Å². The summed E-state index contributed by atoms with van der Waals surface area (Å²) < 4.78 is 5.13. The molecule has 0 radical (unpaired) electrons. The zero-order valence-electron chi connectivity index (χ0n) is 13.2. The van der Waals surface area contributed by atoms with Gasteiger partial charge < -0.3 is 15.1 Å². The number of carbonyl (C=O) groups excluding carboxylic acids is 1. The van der Waals surface area contributed by atoms with Crippen molar-refractivity contribution >= 4 is 22.7 Å². The molecule has 2 aromatic heterocycles. The number of aromatic amines is 1. The van der Waals surface area contributed by atoms with Gasteiger partial charge in [0.15, 0.2) is 11.6 Å². The van der Waals surface area contributed by atoms with E-state index in [4.69, 9.17) is 10.2 Å². The summed E-state index contributed by atoms with van der Waals surface area (Å²) in [7, 11) is 0. The van der Waals surface area contributed by atoms with Gasteiger partial charge in [0.2, 0.25) is 0 Å². The third-order valence-electron chi connectivity index (χ3n) is 4.38. The largest absolute Gasteiger partial charge is 0.461 e. The number of amidine groups is 1. The number of rotatable bonds is 4. The number of imidazole rings is 1. The molecule has 0 amide bonds. The second-order valence-electron chi connectivity index (χ2n) is 6.08. The molecule has 4 rings (SSSR count). The van der Waals surface area contributed by atoms with E-state index in [0.717, 1.165) is 23.9 Å². The lowest BCUT2D eigenvalue weighted by atomic mass is 10.1. The highest BCUT2D eigenvalue weighted by atomic mass is 16.3. The number of nitrogens with one attached hydrogen (secondary N) is 1. The summed E-state index contributed by atoms with van der Waals surface area (Å²) in [5, 5.41) is 0. The van der Waals surface area contributed by atoms with Crippen LogP contribution in [0.3, 0.4) is 0 Å². The van der Waals surface area contributed by atoms with Gasteiger partial charge in [0.05, 0.1) is 23.3 Å². The third kappa shape index (κ3) is 2.71. The molecule has 1 fully saturated rings. The van der Waals surface area contributed by atoms with Crippen molar-refractivity contribution in [2.45, 2.75) is 31.7 Å². The Hall–Kier alpha value is -2.89. The van der Waals surface area contributed by atoms with Gasteiger partial charge in [-0.25, -0.2) is 4.98 Å². The molecular weight excluding hydrogens is 304 g/mol. The highest BCUT2D eigenvalue weighted by Gasteiger charge is 2.17. The van der Waals surface area contributed by atoms with Crippen molar-refractivity contribution in [2.24, 2.45) is 10.7 Å². The number of hydrogen-bond donors (Lipinski definition) is 2. The molecule has 0 unspecified atom stereocenters. The fourth-order valence-electron chi connectivity index (χ4n) is 3.11. The molecule has 6 heteroatoms. The first-order chi connectivity index (χ1) is 11.7. The van der Waals surface area contributed by atoms with Gasteiger partial charge in [0, 0.05) is 5.56 Å². The number of nitrogens with zero attached hydrogens (tertiary/aromatic N) is 2. The van der Waals surface area contributed by atoms with Crippen LogP contribution in [0.1, 0.15) is 47.6 Å². The Bertz CT molecular complexity index is 902. The standard InChI is InChI=1S/C18H18N4O2/c19-17(20-12-4-1-2-5-12)11-7-8-13-14(10-11)22-18(21-13)16(23)15-6-3-9-24-15/h3,6-10,12H,1-2,4-5H2,(H2,19,20)(H,21,22). The average molecular weight is 322 g/mol. The normalized spacial score (nSPS) is 16.1. The first-order valence-corrected chi connectivity index (χ1v) is 8.12. The third-order valence-corrected chi connectivity index (χ3v) is 4.38. The lowest BCUT2D eigenvalue weighted by Gasteiger charge is -2.05. The number of nitrogens with two attached hydrogens (primary N) is 1. The zero-order valence-corrected chi connectivity index (χ0v) is 13.2. The average Bonchev–Trinajstić information content (AvgIpc) is 3.33. The van der Waals surface area contributed by atoms with E-state index in [-0.39, 0.29) is 17.4 Å². The van der Waals surface area contributed by atoms with Gasteiger partial charge in [0.1, 0.15) is 5.84 Å². The molecule has 122 valence electrons. The van der Waals surface area contributed by atoms with Crippen molar-refractivity contribution in [1.82, 2.24) is 9.97 Å². The number of carbonyl (C=O) groups is 1. The minimum atomic E-state index is -0.273. The number of benzene rings is 1. The van der Waals surface area contributed by atoms with E-state index in [1.165, 1.54) is 19.1 Å². The highest BCUT2D eigenvalue weighted by molar-refractivity contribution is 6.06. The molecule has 1 saturated carbocycles. The minimum absolute atomic E-state index is 0.253. The molecule has 1 aliphatic carbocycles. The molecule has 6 nitrogen and oxygen atoms in total. The van der Waals surface area contributed by atoms with E-state index < -0.39 is 0 Å². The molecule has 0 spiro atoms. The Morgan fingerprint density at radius 1 is 1.29 bits per heavy atom. The molecule has 0 atom stereocenters. The summed E-state index contributed by atoms with van der Waals surface area (Å²) in [4.78, 5) is 24.3. The summed E-state index contributed by atoms with van der Waals surface area (Å²) >= 11 is 0. The Labute approximate surface area is 138 Å². The lowest BCUT2D eigenvalue weighted by molar-refractivity contribution is 0.100. The van der Waals surface area contributed by atoms with Crippen molar-refractivity contribution < 1.29 is 9.21 Å². The van der Waals surface area contributed by atoms with E-state index in [1.54, 1.807) is 12.1 Å². The SMILES string of the molecule is NC(=NC1CCCC1)c1ccc2nc(C(=O)c3ccco3)[nH]c2c1. The van der Waals surface area contributed by atoms with E-state index >= 15 is 0 Å². The van der Waals surface area contributed by atoms with E-state index in [0.29, 0.717) is 17.4 Å². The maximum absolute atomic E-state index is 12.3. The van der Waals surface area contributed by atoms with Crippen LogP contribution in [0.15, 0.2) is 46.0 Å². The van der Waals surface area contributed by atoms with E-state index in [1.807, 2.05) is 18.2 Å². The van der Waals surface area contributed by atoms with Gasteiger partial charge in [-0.1, -0.05) is 12.8 Å². The molecule has 1 aromatic carbocycles. The number of aromatic nitrogens is 2. The number of ketones is 1. The number of hydrogen-bond acceptors (Lipinski definition) is 4. The number of H-pyrrole nitrogens is 1. The minimum Gasteiger partial charge on any atom is -0.461 e. The molecule has 3 N–H and O–H groups in total. The highest BCUT2D eigenvalue weighted by Crippen LogP contribution is 2.22. The van der Waals surface area contributed by atoms with Crippen LogP contribution in [0.2, 0.25) is 0 Å². The van der Waals surface area contributed by atoms with Crippen LogP contribution in [0.25, 0.3) is 11.0 Å². The van der Waals surface area contributed by atoms with Crippen LogP contribution >= 0.6 is 0 Å². The monoisotopic (exact) mass is 322 g/mol. The van der Waals surface area contributed by atoms with Crippen molar-refractivity contribution in [3.05, 3.63) is 53.7 Å². The summed E-state index contributed by atoms with van der Waals surface area (Å²) in [6.07, 6.45) is 6.12. The fraction of sp³-hybridized carbons (Fsp3) is 0.278. The predicted octanol–water partition coefficient (Wildman–Crippen LogP) is 3.03. The van der Waals surface area contributed by atoms with E-state index in [2.05, 4.69) is 15.0 Å². The number of furan rings is 1. The maximum Gasteiger partial charge on any atom is 0.263 e. The van der Waals surface area contributed by atoms with Gasteiger partial charge in [-0.15, -0.1) is 0 Å². The Morgan fingerprint density at radius 3 is 2.88 bits per heavy atom. The van der Waals surface area contributed by atoms with Gasteiger partial charge in [0.25, 0.3) is 5.78 Å². The summed E-state index contributed by atoms with van der Waals surface area (Å²) in [5.41, 5.74) is 8.45. The molecule has 0 saturated heterocycles. The Kier molecular flexibility index (Phi) is 3.65. The summed E-state index contributed by atoms with van der Waals surface area (Å²) in [6.45, 7) is 0. The molecule has 0 aliphatic heterocycles. The quantitative estimate of drug-likeness (QED) is 0.438. The van der Waals surface area contributed by atoms with Crippen LogP contribution in [-0.2, 0) is 0 Å². The van der Waals surface area contributed by atoms with Crippen LogP contribution in [0, 0.1) is 0 Å². The maximum atomic E-state index is 12.3. The first-order valence-electron chi connectivity index (χ1n) is 8.12. The summed E-state index contributed by atoms with van der Waals surface area (Å²) in [6, 6.07) is 9.24. The topological polar surface area (TPSA) is 97.3 Å². The van der Waals surface area contributed by atoms with Crippen molar-refractivity contribution in [3.8, 4) is 0 Å². The van der Waals surface area contributed by atoms with E-state index in [9.17, 15) is 4.79 Å². The molecule has 0 bridgehead atoms. The Balaban J connectivity index is 1.65. The van der Waals surface area contributed by atoms with Gasteiger partial charge in [-0.2, -0.15) is 0 Å². The van der Waals surface area contributed by atoms with Crippen molar-refractivity contribution in [3.63, 3.8) is 0 Å². The second kappa shape index (κ2) is 5.96. The van der Waals surface area contributed by atoms with Gasteiger partial charge in [-0.05, 0) is 43.2 Å². The zero-order chi connectivity index (χ0) is 16.5. The summed E-state index contributed by atoms with van der Waals surface area (Å²) in [5.74, 6) is 0.780. The molecular formula is C18H18N4O2. The predicted molar refractivity (Wildman–Crippen MR) is 91.2 cm³/mol. The van der Waals surface area contributed by atoms with Crippen LogP contribution in [0.5, 0.6) is 0 Å².